The van der Waals surface area contributed by atoms with Gasteiger partial charge in [-0.1, -0.05) is 17.7 Å². The number of carbonyl (C=O) groups is 1. The Morgan fingerprint density at radius 3 is 2.56 bits per heavy atom. The molecule has 0 unspecified atom stereocenters. The first-order valence-corrected chi connectivity index (χ1v) is 8.49. The van der Waals surface area contributed by atoms with Gasteiger partial charge in [-0.3, -0.25) is 4.79 Å². The summed E-state index contributed by atoms with van der Waals surface area (Å²) >= 11 is 6.14. The number of benzene rings is 2. The van der Waals surface area contributed by atoms with Crippen LogP contribution in [0.1, 0.15) is 6.92 Å². The van der Waals surface area contributed by atoms with Crippen LogP contribution in [-0.4, -0.2) is 23.0 Å². The summed E-state index contributed by atoms with van der Waals surface area (Å²) in [5, 5.41) is 9.52. The monoisotopic (exact) mass is 383 g/mol. The molecule has 0 spiro atoms. The van der Waals surface area contributed by atoms with Gasteiger partial charge in [-0.15, -0.1) is 0 Å². The third-order valence-corrected chi connectivity index (χ3v) is 3.81. The molecule has 3 aromatic rings. The van der Waals surface area contributed by atoms with E-state index in [4.69, 9.17) is 16.3 Å². The Bertz CT molecular complexity index is 964. The SMILES string of the molecule is COc1ccc(Nc2nccc(Nc3cccc(NC(C)=O)c3)n2)cc1Cl. The van der Waals surface area contributed by atoms with Crippen molar-refractivity contribution in [2.24, 2.45) is 0 Å². The first-order valence-electron chi connectivity index (χ1n) is 8.12. The number of halogens is 1. The van der Waals surface area contributed by atoms with Crippen LogP contribution in [0.4, 0.5) is 28.8 Å². The zero-order valence-electron chi connectivity index (χ0n) is 14.8. The number of ether oxygens (including phenoxy) is 1. The van der Waals surface area contributed by atoms with Gasteiger partial charge in [-0.2, -0.15) is 4.98 Å². The van der Waals surface area contributed by atoms with E-state index in [-0.39, 0.29) is 5.91 Å². The molecule has 0 bridgehead atoms. The molecule has 1 heterocycles. The van der Waals surface area contributed by atoms with Crippen LogP contribution in [0.2, 0.25) is 5.02 Å². The Morgan fingerprint density at radius 1 is 1.04 bits per heavy atom. The van der Waals surface area contributed by atoms with E-state index >= 15 is 0 Å². The fourth-order valence-electron chi connectivity index (χ4n) is 2.39. The van der Waals surface area contributed by atoms with Crippen molar-refractivity contribution < 1.29 is 9.53 Å². The number of carbonyl (C=O) groups excluding carboxylic acids is 1. The summed E-state index contributed by atoms with van der Waals surface area (Å²) in [6.07, 6.45) is 1.64. The molecule has 7 nitrogen and oxygen atoms in total. The topological polar surface area (TPSA) is 88.2 Å². The van der Waals surface area contributed by atoms with Crippen molar-refractivity contribution in [3.63, 3.8) is 0 Å². The number of anilines is 5. The van der Waals surface area contributed by atoms with E-state index in [1.165, 1.54) is 6.92 Å². The Hall–Kier alpha value is -3.32. The van der Waals surface area contributed by atoms with Crippen molar-refractivity contribution in [3.8, 4) is 5.75 Å². The lowest BCUT2D eigenvalue weighted by Gasteiger charge is -2.10. The molecular weight excluding hydrogens is 366 g/mol. The molecule has 8 heteroatoms. The van der Waals surface area contributed by atoms with E-state index in [2.05, 4.69) is 25.9 Å². The van der Waals surface area contributed by atoms with E-state index in [1.54, 1.807) is 31.5 Å². The molecule has 0 atom stereocenters. The smallest absolute Gasteiger partial charge is 0.229 e. The van der Waals surface area contributed by atoms with Crippen molar-refractivity contribution in [1.29, 1.82) is 0 Å². The highest BCUT2D eigenvalue weighted by atomic mass is 35.5. The summed E-state index contributed by atoms with van der Waals surface area (Å²) in [7, 11) is 1.56. The molecule has 0 radical (unpaired) electrons. The zero-order valence-corrected chi connectivity index (χ0v) is 15.5. The van der Waals surface area contributed by atoms with Crippen molar-refractivity contribution >= 4 is 46.3 Å². The van der Waals surface area contributed by atoms with E-state index in [0.717, 1.165) is 11.4 Å². The van der Waals surface area contributed by atoms with Gasteiger partial charge >= 0.3 is 0 Å². The lowest BCUT2D eigenvalue weighted by atomic mass is 10.2. The molecule has 1 aromatic heterocycles. The average molecular weight is 384 g/mol. The van der Waals surface area contributed by atoms with Crippen LogP contribution < -0.4 is 20.7 Å². The van der Waals surface area contributed by atoms with E-state index in [1.807, 2.05) is 30.3 Å². The Labute approximate surface area is 161 Å². The highest BCUT2D eigenvalue weighted by Crippen LogP contribution is 2.28. The van der Waals surface area contributed by atoms with Gasteiger partial charge in [-0.05, 0) is 42.5 Å². The Balaban J connectivity index is 1.74. The molecule has 3 rings (SSSR count). The standard InChI is InChI=1S/C19H18ClN5O2/c1-12(26)22-13-4-3-5-14(10-13)23-18-8-9-21-19(25-18)24-15-6-7-17(27-2)16(20)11-15/h3-11H,1-2H3,(H,22,26)(H2,21,23,24,25). The lowest BCUT2D eigenvalue weighted by molar-refractivity contribution is -0.114. The summed E-state index contributed by atoms with van der Waals surface area (Å²) in [5.74, 6) is 1.49. The summed E-state index contributed by atoms with van der Waals surface area (Å²) in [5.41, 5.74) is 2.23. The van der Waals surface area contributed by atoms with E-state index < -0.39 is 0 Å². The van der Waals surface area contributed by atoms with E-state index in [0.29, 0.717) is 28.2 Å². The molecule has 0 fully saturated rings. The fraction of sp³-hybridized carbons (Fsp3) is 0.105. The second kappa shape index (κ2) is 8.37. The summed E-state index contributed by atoms with van der Waals surface area (Å²) in [6, 6.07) is 14.4. The number of aromatic nitrogens is 2. The maximum atomic E-state index is 11.2. The van der Waals surface area contributed by atoms with E-state index in [9.17, 15) is 4.79 Å². The Morgan fingerprint density at radius 2 is 1.81 bits per heavy atom. The normalized spacial score (nSPS) is 10.2. The van der Waals surface area contributed by atoms with Crippen molar-refractivity contribution in [1.82, 2.24) is 9.97 Å². The van der Waals surface area contributed by atoms with Gasteiger partial charge in [0.05, 0.1) is 12.1 Å². The highest BCUT2D eigenvalue weighted by molar-refractivity contribution is 6.32. The number of amides is 1. The number of nitrogens with zero attached hydrogens (tertiary/aromatic N) is 2. The van der Waals surface area contributed by atoms with Gasteiger partial charge in [0.15, 0.2) is 0 Å². The number of methoxy groups -OCH3 is 1. The molecule has 0 aliphatic rings. The number of hydrogen-bond donors (Lipinski definition) is 3. The predicted molar refractivity (Wildman–Crippen MR) is 107 cm³/mol. The third-order valence-electron chi connectivity index (χ3n) is 3.52. The van der Waals surface area contributed by atoms with Gasteiger partial charge in [0.25, 0.3) is 0 Å². The maximum Gasteiger partial charge on any atom is 0.229 e. The van der Waals surface area contributed by atoms with Crippen LogP contribution in [-0.2, 0) is 4.79 Å². The third kappa shape index (κ3) is 5.08. The number of nitrogens with one attached hydrogen (secondary N) is 3. The maximum absolute atomic E-state index is 11.2. The minimum absolute atomic E-state index is 0.126. The molecule has 1 amide bonds. The van der Waals surface area contributed by atoms with Crippen molar-refractivity contribution in [2.75, 3.05) is 23.1 Å². The van der Waals surface area contributed by atoms with Gasteiger partial charge in [0.2, 0.25) is 11.9 Å². The molecule has 0 saturated carbocycles. The van der Waals surface area contributed by atoms with Crippen LogP contribution in [0.15, 0.2) is 54.7 Å². The lowest BCUT2D eigenvalue weighted by Crippen LogP contribution is -2.06. The summed E-state index contributed by atoms with van der Waals surface area (Å²) in [6.45, 7) is 1.47. The second-order valence-corrected chi connectivity index (χ2v) is 6.03. The number of hydrogen-bond acceptors (Lipinski definition) is 6. The van der Waals surface area contributed by atoms with Crippen LogP contribution in [0, 0.1) is 0 Å². The molecule has 2 aromatic carbocycles. The molecule has 0 aliphatic carbocycles. The highest BCUT2D eigenvalue weighted by Gasteiger charge is 2.05. The largest absolute Gasteiger partial charge is 0.495 e. The zero-order chi connectivity index (χ0) is 19.2. The van der Waals surface area contributed by atoms with Gasteiger partial charge < -0.3 is 20.7 Å². The molecule has 138 valence electrons. The fourth-order valence-corrected chi connectivity index (χ4v) is 2.65. The second-order valence-electron chi connectivity index (χ2n) is 5.63. The minimum Gasteiger partial charge on any atom is -0.495 e. The van der Waals surface area contributed by atoms with Crippen LogP contribution in [0.3, 0.4) is 0 Å². The molecule has 0 aliphatic heterocycles. The predicted octanol–water partition coefficient (Wildman–Crippen LogP) is 4.58. The Kier molecular flexibility index (Phi) is 5.73. The first-order chi connectivity index (χ1) is 13.0. The molecule has 3 N–H and O–H groups in total. The van der Waals surface area contributed by atoms with Crippen LogP contribution >= 0.6 is 11.6 Å². The van der Waals surface area contributed by atoms with Crippen molar-refractivity contribution in [2.45, 2.75) is 6.92 Å². The number of rotatable bonds is 6. The average Bonchev–Trinajstić information content (AvgIpc) is 2.62. The van der Waals surface area contributed by atoms with Gasteiger partial charge in [0.1, 0.15) is 11.6 Å². The molecule has 27 heavy (non-hydrogen) atoms. The molecular formula is C19H18ClN5O2. The first kappa shape index (κ1) is 18.5. The molecule has 0 saturated heterocycles. The minimum atomic E-state index is -0.126. The quantitative estimate of drug-likeness (QED) is 0.577. The summed E-state index contributed by atoms with van der Waals surface area (Å²) in [4.78, 5) is 19.8. The van der Waals surface area contributed by atoms with Crippen LogP contribution in [0.5, 0.6) is 5.75 Å². The van der Waals surface area contributed by atoms with Gasteiger partial charge in [-0.25, -0.2) is 4.98 Å². The van der Waals surface area contributed by atoms with Crippen LogP contribution in [0.25, 0.3) is 0 Å². The van der Waals surface area contributed by atoms with Crippen molar-refractivity contribution in [3.05, 3.63) is 59.8 Å². The van der Waals surface area contributed by atoms with Gasteiger partial charge in [0, 0.05) is 30.2 Å². The summed E-state index contributed by atoms with van der Waals surface area (Å²) < 4.78 is 5.14.